The van der Waals surface area contributed by atoms with Crippen LogP contribution in [0.5, 0.6) is 11.6 Å². The molecule has 3 aromatic rings. The standard InChI is InChI=1S/C19H19F4N3OS/c1-5-26(6-2)8-13-24-18(14-9(3)10(4)28-19(14)25-13)27-17-15(22)11(20)7-12(21)16(17)23/h7H,5-6,8H2,1-4H3/p+1. The van der Waals surface area contributed by atoms with E-state index < -0.39 is 29.0 Å². The number of ether oxygens (including phenoxy) is 1. The molecule has 4 nitrogen and oxygen atoms in total. The molecular weight excluding hydrogens is 394 g/mol. The lowest BCUT2D eigenvalue weighted by Gasteiger charge is -2.15. The van der Waals surface area contributed by atoms with E-state index in [0.29, 0.717) is 22.6 Å². The highest BCUT2D eigenvalue weighted by atomic mass is 32.1. The van der Waals surface area contributed by atoms with Crippen molar-refractivity contribution in [1.82, 2.24) is 9.97 Å². The van der Waals surface area contributed by atoms with Gasteiger partial charge in [0, 0.05) is 10.9 Å². The Labute approximate surface area is 163 Å². The Morgan fingerprint density at radius 1 is 1.00 bits per heavy atom. The van der Waals surface area contributed by atoms with E-state index in [1.165, 1.54) is 16.2 Å². The molecule has 2 heterocycles. The summed E-state index contributed by atoms with van der Waals surface area (Å²) in [5, 5.41) is 0.476. The molecule has 2 aromatic heterocycles. The van der Waals surface area contributed by atoms with E-state index in [-0.39, 0.29) is 11.9 Å². The molecule has 0 aliphatic heterocycles. The first kappa shape index (κ1) is 20.5. The fourth-order valence-electron chi connectivity index (χ4n) is 2.87. The summed E-state index contributed by atoms with van der Waals surface area (Å²) >= 11 is 1.40. The van der Waals surface area contributed by atoms with Crippen LogP contribution in [0.15, 0.2) is 6.07 Å². The normalized spacial score (nSPS) is 11.6. The Bertz CT molecular complexity index is 1010. The third kappa shape index (κ3) is 3.68. The maximum absolute atomic E-state index is 14.1. The molecule has 0 fully saturated rings. The first-order chi connectivity index (χ1) is 13.3. The second-order valence-electron chi connectivity index (χ2n) is 6.44. The molecule has 0 saturated heterocycles. The maximum atomic E-state index is 14.1. The van der Waals surface area contributed by atoms with Crippen LogP contribution in [0.2, 0.25) is 0 Å². The summed E-state index contributed by atoms with van der Waals surface area (Å²) < 4.78 is 60.7. The van der Waals surface area contributed by atoms with Crippen molar-refractivity contribution >= 4 is 21.6 Å². The SMILES string of the molecule is CC[NH+](CC)Cc1nc(Oc2c(F)c(F)cc(F)c2F)c2c(C)c(C)sc2n1. The van der Waals surface area contributed by atoms with Gasteiger partial charge in [-0.3, -0.25) is 0 Å². The van der Waals surface area contributed by atoms with Gasteiger partial charge in [0.2, 0.25) is 23.3 Å². The van der Waals surface area contributed by atoms with Gasteiger partial charge in [0.25, 0.3) is 0 Å². The molecule has 0 atom stereocenters. The lowest BCUT2D eigenvalue weighted by atomic mass is 10.2. The summed E-state index contributed by atoms with van der Waals surface area (Å²) in [5.41, 5.74) is 0.787. The van der Waals surface area contributed by atoms with Crippen LogP contribution in [0.3, 0.4) is 0 Å². The average Bonchev–Trinajstić information content (AvgIpc) is 2.95. The van der Waals surface area contributed by atoms with Gasteiger partial charge in [0.1, 0.15) is 11.4 Å². The Balaban J connectivity index is 2.17. The summed E-state index contributed by atoms with van der Waals surface area (Å²) in [5.74, 6) is -7.12. The summed E-state index contributed by atoms with van der Waals surface area (Å²) in [6.45, 7) is 9.90. The molecule has 0 amide bonds. The molecule has 0 aliphatic rings. The molecule has 1 aromatic carbocycles. The minimum atomic E-state index is -1.61. The van der Waals surface area contributed by atoms with E-state index >= 15 is 0 Å². The van der Waals surface area contributed by atoms with E-state index in [1.54, 1.807) is 6.92 Å². The molecule has 0 saturated carbocycles. The van der Waals surface area contributed by atoms with Crippen LogP contribution in [0.1, 0.15) is 30.1 Å². The molecule has 1 N–H and O–H groups in total. The molecule has 0 unspecified atom stereocenters. The van der Waals surface area contributed by atoms with Crippen LogP contribution in [0, 0.1) is 37.1 Å². The van der Waals surface area contributed by atoms with Crippen LogP contribution in [-0.2, 0) is 6.54 Å². The first-order valence-corrected chi connectivity index (χ1v) is 9.69. The third-order valence-electron chi connectivity index (χ3n) is 4.72. The molecule has 0 spiro atoms. The van der Waals surface area contributed by atoms with Gasteiger partial charge < -0.3 is 9.64 Å². The van der Waals surface area contributed by atoms with E-state index in [2.05, 4.69) is 9.97 Å². The Kier molecular flexibility index (Phi) is 5.85. The highest BCUT2D eigenvalue weighted by Crippen LogP contribution is 2.38. The van der Waals surface area contributed by atoms with Crippen LogP contribution in [0.25, 0.3) is 10.2 Å². The topological polar surface area (TPSA) is 39.5 Å². The number of halogens is 4. The largest absolute Gasteiger partial charge is 0.432 e. The van der Waals surface area contributed by atoms with Gasteiger partial charge in [0.15, 0.2) is 17.5 Å². The van der Waals surface area contributed by atoms with Gasteiger partial charge in [-0.05, 0) is 33.3 Å². The van der Waals surface area contributed by atoms with Gasteiger partial charge >= 0.3 is 0 Å². The number of nitrogens with zero attached hydrogens (tertiary/aromatic N) is 2. The van der Waals surface area contributed by atoms with Crippen molar-refractivity contribution < 1.29 is 27.2 Å². The number of benzene rings is 1. The highest BCUT2D eigenvalue weighted by molar-refractivity contribution is 7.18. The van der Waals surface area contributed by atoms with E-state index in [4.69, 9.17) is 4.74 Å². The Morgan fingerprint density at radius 2 is 1.61 bits per heavy atom. The second kappa shape index (κ2) is 8.00. The summed E-state index contributed by atoms with van der Waals surface area (Å²) in [7, 11) is 0. The van der Waals surface area contributed by atoms with Crippen molar-refractivity contribution in [2.45, 2.75) is 34.2 Å². The third-order valence-corrected chi connectivity index (χ3v) is 5.82. The molecule has 0 aliphatic carbocycles. The smallest absolute Gasteiger partial charge is 0.232 e. The lowest BCUT2D eigenvalue weighted by Crippen LogP contribution is -3.10. The fourth-order valence-corrected chi connectivity index (χ4v) is 3.91. The molecule has 3 rings (SSSR count). The van der Waals surface area contributed by atoms with Gasteiger partial charge in [-0.15, -0.1) is 11.3 Å². The van der Waals surface area contributed by atoms with Crippen LogP contribution in [-0.4, -0.2) is 23.1 Å². The van der Waals surface area contributed by atoms with Crippen LogP contribution in [0.4, 0.5) is 17.6 Å². The van der Waals surface area contributed by atoms with Gasteiger partial charge in [-0.1, -0.05) is 0 Å². The molecule has 0 bridgehead atoms. The molecule has 9 heteroatoms. The van der Waals surface area contributed by atoms with Crippen molar-refractivity contribution in [3.8, 4) is 11.6 Å². The van der Waals surface area contributed by atoms with Crippen LogP contribution < -0.4 is 9.64 Å². The minimum Gasteiger partial charge on any atom is -0.432 e. The maximum Gasteiger partial charge on any atom is 0.232 e. The predicted octanol–water partition coefficient (Wildman–Crippen LogP) is 4.08. The Morgan fingerprint density at radius 3 is 2.18 bits per heavy atom. The van der Waals surface area contributed by atoms with Crippen molar-refractivity contribution in [3.05, 3.63) is 45.6 Å². The zero-order chi connectivity index (χ0) is 20.6. The molecule has 28 heavy (non-hydrogen) atoms. The average molecular weight is 414 g/mol. The monoisotopic (exact) mass is 414 g/mol. The number of rotatable bonds is 6. The van der Waals surface area contributed by atoms with E-state index in [1.807, 2.05) is 20.8 Å². The summed E-state index contributed by atoms with van der Waals surface area (Å²) in [6.07, 6.45) is 0. The van der Waals surface area contributed by atoms with Crippen molar-refractivity contribution in [2.75, 3.05) is 13.1 Å². The first-order valence-electron chi connectivity index (χ1n) is 8.87. The number of hydrogen-bond donors (Lipinski definition) is 1. The number of hydrogen-bond acceptors (Lipinski definition) is 4. The van der Waals surface area contributed by atoms with Crippen LogP contribution >= 0.6 is 11.3 Å². The second-order valence-corrected chi connectivity index (χ2v) is 7.64. The Hall–Kier alpha value is -2.26. The number of nitrogens with one attached hydrogen (secondary N) is 1. The summed E-state index contributed by atoms with van der Waals surface area (Å²) in [4.78, 5) is 11.6. The predicted molar refractivity (Wildman–Crippen MR) is 99.0 cm³/mol. The number of fused-ring (bicyclic) bond motifs is 1. The van der Waals surface area contributed by atoms with Gasteiger partial charge in [-0.2, -0.15) is 13.8 Å². The van der Waals surface area contributed by atoms with Crippen molar-refractivity contribution in [2.24, 2.45) is 0 Å². The van der Waals surface area contributed by atoms with Crippen molar-refractivity contribution in [3.63, 3.8) is 0 Å². The van der Waals surface area contributed by atoms with Crippen molar-refractivity contribution in [1.29, 1.82) is 0 Å². The summed E-state index contributed by atoms with van der Waals surface area (Å²) in [6, 6.07) is 0.141. The quantitative estimate of drug-likeness (QED) is 0.488. The van der Waals surface area contributed by atoms with E-state index in [9.17, 15) is 17.6 Å². The number of aryl methyl sites for hydroxylation is 2. The zero-order valence-electron chi connectivity index (χ0n) is 15.9. The highest BCUT2D eigenvalue weighted by Gasteiger charge is 2.25. The number of quaternary nitrogens is 1. The fraction of sp³-hybridized carbons (Fsp3) is 0.368. The van der Waals surface area contributed by atoms with E-state index in [0.717, 1.165) is 23.5 Å². The molecule has 0 radical (unpaired) electrons. The van der Waals surface area contributed by atoms with Gasteiger partial charge in [0.05, 0.1) is 18.5 Å². The minimum absolute atomic E-state index is 0.115. The lowest BCUT2D eigenvalue weighted by molar-refractivity contribution is -0.910. The van der Waals surface area contributed by atoms with Gasteiger partial charge in [-0.25, -0.2) is 13.8 Å². The molecular formula is C19H20F4N3OS+. The number of aromatic nitrogens is 2. The number of thiophene rings is 1. The zero-order valence-corrected chi connectivity index (χ0v) is 16.7. The molecule has 150 valence electrons.